The number of nitrogens with zero attached hydrogens (tertiary/aromatic N) is 1. The SMILES string of the molecule is CC(C)CCCCN=C1NC(C(C)C)CCS1. The largest absolute Gasteiger partial charge is 0.362 e. The van der Waals surface area contributed by atoms with E-state index in [4.69, 9.17) is 0 Å². The Bertz CT molecular complexity index is 236. The first-order valence-corrected chi connectivity index (χ1v) is 8.02. The quantitative estimate of drug-likeness (QED) is 0.728. The van der Waals surface area contributed by atoms with Crippen LogP contribution in [0.3, 0.4) is 0 Å². The molecule has 0 aromatic rings. The maximum atomic E-state index is 4.68. The summed E-state index contributed by atoms with van der Waals surface area (Å²) in [5, 5.41) is 4.75. The maximum absolute atomic E-state index is 4.68. The molecule has 1 rings (SSSR count). The van der Waals surface area contributed by atoms with Crippen molar-refractivity contribution in [3.8, 4) is 0 Å². The lowest BCUT2D eigenvalue weighted by atomic mass is 10.0. The van der Waals surface area contributed by atoms with E-state index in [9.17, 15) is 0 Å². The van der Waals surface area contributed by atoms with Gasteiger partial charge in [-0.25, -0.2) is 0 Å². The lowest BCUT2D eigenvalue weighted by Gasteiger charge is -2.28. The first kappa shape index (κ1) is 14.9. The summed E-state index contributed by atoms with van der Waals surface area (Å²) in [5.74, 6) is 2.76. The summed E-state index contributed by atoms with van der Waals surface area (Å²) in [4.78, 5) is 4.68. The van der Waals surface area contributed by atoms with Gasteiger partial charge in [-0.2, -0.15) is 0 Å². The highest BCUT2D eigenvalue weighted by Crippen LogP contribution is 2.18. The summed E-state index contributed by atoms with van der Waals surface area (Å²) >= 11 is 1.89. The van der Waals surface area contributed by atoms with Gasteiger partial charge in [0.15, 0.2) is 5.17 Å². The van der Waals surface area contributed by atoms with E-state index in [1.807, 2.05) is 11.8 Å². The molecular formula is C14H28N2S. The number of hydrogen-bond acceptors (Lipinski definition) is 2. The molecule has 0 spiro atoms. The Morgan fingerprint density at radius 1 is 1.29 bits per heavy atom. The summed E-state index contributed by atoms with van der Waals surface area (Å²) in [6.45, 7) is 10.1. The highest BCUT2D eigenvalue weighted by Gasteiger charge is 2.19. The van der Waals surface area contributed by atoms with Crippen LogP contribution in [0.25, 0.3) is 0 Å². The summed E-state index contributed by atoms with van der Waals surface area (Å²) in [6.07, 6.45) is 5.15. The topological polar surface area (TPSA) is 24.4 Å². The molecule has 1 atom stereocenters. The molecule has 1 fully saturated rings. The third kappa shape index (κ3) is 6.35. The zero-order valence-electron chi connectivity index (χ0n) is 11.8. The first-order valence-electron chi connectivity index (χ1n) is 7.03. The van der Waals surface area contributed by atoms with Crippen molar-refractivity contribution in [2.75, 3.05) is 12.3 Å². The van der Waals surface area contributed by atoms with Crippen molar-refractivity contribution >= 4 is 16.9 Å². The van der Waals surface area contributed by atoms with Gasteiger partial charge in [-0.05, 0) is 24.7 Å². The fraction of sp³-hybridized carbons (Fsp3) is 0.929. The van der Waals surface area contributed by atoms with Gasteiger partial charge in [0.2, 0.25) is 0 Å². The van der Waals surface area contributed by atoms with E-state index in [0.29, 0.717) is 12.0 Å². The van der Waals surface area contributed by atoms with Gasteiger partial charge in [-0.15, -0.1) is 0 Å². The average molecular weight is 256 g/mol. The van der Waals surface area contributed by atoms with Crippen molar-refractivity contribution in [2.45, 2.75) is 59.4 Å². The maximum Gasteiger partial charge on any atom is 0.156 e. The van der Waals surface area contributed by atoms with E-state index < -0.39 is 0 Å². The lowest BCUT2D eigenvalue weighted by Crippen LogP contribution is -2.41. The molecule has 1 aliphatic rings. The van der Waals surface area contributed by atoms with Gasteiger partial charge >= 0.3 is 0 Å². The molecule has 1 aliphatic heterocycles. The standard InChI is InChI=1S/C14H28N2S/c1-11(2)7-5-6-9-15-14-16-13(12(3)4)8-10-17-14/h11-13H,5-10H2,1-4H3,(H,15,16). The van der Waals surface area contributed by atoms with Crippen LogP contribution < -0.4 is 5.32 Å². The summed E-state index contributed by atoms with van der Waals surface area (Å²) in [5.41, 5.74) is 0. The second-order valence-corrected chi connectivity index (χ2v) is 6.79. The van der Waals surface area contributed by atoms with Gasteiger partial charge < -0.3 is 5.32 Å². The number of aliphatic imine (C=N–C) groups is 1. The van der Waals surface area contributed by atoms with Crippen molar-refractivity contribution in [1.82, 2.24) is 5.32 Å². The van der Waals surface area contributed by atoms with Crippen molar-refractivity contribution in [3.63, 3.8) is 0 Å². The van der Waals surface area contributed by atoms with E-state index in [1.54, 1.807) is 0 Å². The van der Waals surface area contributed by atoms with Gasteiger partial charge in [-0.1, -0.05) is 52.3 Å². The molecule has 0 radical (unpaired) electrons. The van der Waals surface area contributed by atoms with Gasteiger partial charge in [0, 0.05) is 18.3 Å². The van der Waals surface area contributed by atoms with Crippen LogP contribution in [0.15, 0.2) is 4.99 Å². The van der Waals surface area contributed by atoms with Gasteiger partial charge in [-0.3, -0.25) is 4.99 Å². The second-order valence-electron chi connectivity index (χ2n) is 5.71. The van der Waals surface area contributed by atoms with Crippen LogP contribution in [0.4, 0.5) is 0 Å². The molecular weight excluding hydrogens is 228 g/mol. The van der Waals surface area contributed by atoms with Crippen LogP contribution in [0.2, 0.25) is 0 Å². The molecule has 0 bridgehead atoms. The van der Waals surface area contributed by atoms with Crippen LogP contribution in [0, 0.1) is 11.8 Å². The molecule has 0 amide bonds. The van der Waals surface area contributed by atoms with Crippen LogP contribution in [-0.2, 0) is 0 Å². The Hall–Kier alpha value is -0.180. The molecule has 2 nitrogen and oxygen atoms in total. The third-order valence-electron chi connectivity index (χ3n) is 3.23. The smallest absolute Gasteiger partial charge is 0.156 e. The minimum atomic E-state index is 0.630. The number of rotatable bonds is 6. The lowest BCUT2D eigenvalue weighted by molar-refractivity contribution is 0.442. The molecule has 0 aromatic heterocycles. The average Bonchev–Trinajstić information content (AvgIpc) is 2.28. The zero-order valence-corrected chi connectivity index (χ0v) is 12.6. The monoisotopic (exact) mass is 256 g/mol. The second kappa shape index (κ2) is 8.02. The minimum Gasteiger partial charge on any atom is -0.362 e. The summed E-state index contributed by atoms with van der Waals surface area (Å²) in [7, 11) is 0. The number of unbranched alkanes of at least 4 members (excludes halogenated alkanes) is 1. The molecule has 0 aromatic carbocycles. The Kier molecular flexibility index (Phi) is 7.02. The molecule has 3 heteroatoms. The number of hydrogen-bond donors (Lipinski definition) is 1. The van der Waals surface area contributed by atoms with Crippen molar-refractivity contribution < 1.29 is 0 Å². The Labute approximate surface area is 111 Å². The molecule has 100 valence electrons. The van der Waals surface area contributed by atoms with E-state index in [-0.39, 0.29) is 0 Å². The normalized spacial score (nSPS) is 23.4. The highest BCUT2D eigenvalue weighted by molar-refractivity contribution is 8.13. The zero-order chi connectivity index (χ0) is 12.7. The van der Waals surface area contributed by atoms with Crippen LogP contribution in [0.5, 0.6) is 0 Å². The van der Waals surface area contributed by atoms with E-state index in [0.717, 1.165) is 12.5 Å². The Morgan fingerprint density at radius 2 is 2.06 bits per heavy atom. The van der Waals surface area contributed by atoms with Crippen LogP contribution in [0.1, 0.15) is 53.4 Å². The third-order valence-corrected chi connectivity index (χ3v) is 4.19. The Morgan fingerprint density at radius 3 is 2.71 bits per heavy atom. The van der Waals surface area contributed by atoms with Crippen LogP contribution >= 0.6 is 11.8 Å². The number of thioether (sulfide) groups is 1. The van der Waals surface area contributed by atoms with E-state index >= 15 is 0 Å². The predicted molar refractivity (Wildman–Crippen MR) is 79.8 cm³/mol. The molecule has 1 saturated heterocycles. The summed E-state index contributed by atoms with van der Waals surface area (Å²) in [6, 6.07) is 0.630. The van der Waals surface area contributed by atoms with E-state index in [2.05, 4.69) is 38.0 Å². The molecule has 1 heterocycles. The molecule has 17 heavy (non-hydrogen) atoms. The molecule has 1 N–H and O–H groups in total. The fourth-order valence-electron chi connectivity index (χ4n) is 1.99. The van der Waals surface area contributed by atoms with Crippen molar-refractivity contribution in [3.05, 3.63) is 0 Å². The first-order chi connectivity index (χ1) is 8.09. The minimum absolute atomic E-state index is 0.630. The molecule has 0 aliphatic carbocycles. The van der Waals surface area contributed by atoms with E-state index in [1.165, 1.54) is 36.6 Å². The van der Waals surface area contributed by atoms with Gasteiger partial charge in [0.25, 0.3) is 0 Å². The predicted octanol–water partition coefficient (Wildman–Crippen LogP) is 3.92. The number of nitrogens with one attached hydrogen (secondary N) is 1. The van der Waals surface area contributed by atoms with Crippen molar-refractivity contribution in [1.29, 1.82) is 0 Å². The fourth-order valence-corrected chi connectivity index (χ4v) is 2.97. The van der Waals surface area contributed by atoms with Crippen LogP contribution in [-0.4, -0.2) is 23.5 Å². The van der Waals surface area contributed by atoms with Crippen molar-refractivity contribution in [2.24, 2.45) is 16.8 Å². The van der Waals surface area contributed by atoms with Gasteiger partial charge in [0.05, 0.1) is 0 Å². The molecule has 1 unspecified atom stereocenters. The summed E-state index contributed by atoms with van der Waals surface area (Å²) < 4.78 is 0. The van der Waals surface area contributed by atoms with Gasteiger partial charge in [0.1, 0.15) is 0 Å². The Balaban J connectivity index is 2.20. The highest BCUT2D eigenvalue weighted by atomic mass is 32.2. The number of amidine groups is 1. The molecule has 0 saturated carbocycles.